The fourth-order valence-electron chi connectivity index (χ4n) is 0.687. The van der Waals surface area contributed by atoms with Crippen LogP contribution in [0.1, 0.15) is 20.3 Å². The van der Waals surface area contributed by atoms with Crippen molar-refractivity contribution in [2.24, 2.45) is 5.92 Å². The van der Waals surface area contributed by atoms with Gasteiger partial charge in [-0.05, 0) is 12.8 Å². The lowest BCUT2D eigenvalue weighted by atomic mass is 10.1. The van der Waals surface area contributed by atoms with Crippen LogP contribution in [-0.4, -0.2) is 25.5 Å². The molecule has 0 aliphatic carbocycles. The molecule has 0 fully saturated rings. The van der Waals surface area contributed by atoms with E-state index >= 15 is 0 Å². The molecule has 1 atom stereocenters. The van der Waals surface area contributed by atoms with E-state index in [9.17, 15) is 9.59 Å². The highest BCUT2D eigenvalue weighted by Crippen LogP contribution is 1.95. The number of aldehydes is 1. The van der Waals surface area contributed by atoms with Gasteiger partial charge in [0.15, 0.2) is 0 Å². The maximum absolute atomic E-state index is 10.7. The van der Waals surface area contributed by atoms with Gasteiger partial charge in [-0.3, -0.25) is 0 Å². The number of amides is 1. The molecule has 12 heavy (non-hydrogen) atoms. The first-order chi connectivity index (χ1) is 5.70. The first-order valence-electron chi connectivity index (χ1n) is 4.05. The van der Waals surface area contributed by atoms with Crippen LogP contribution in [0.3, 0.4) is 0 Å². The smallest absolute Gasteiger partial charge is 0.407 e. The zero-order valence-corrected chi connectivity index (χ0v) is 7.50. The fourth-order valence-corrected chi connectivity index (χ4v) is 0.687. The lowest BCUT2D eigenvalue weighted by Gasteiger charge is -2.08. The average Bonchev–Trinajstić information content (AvgIpc) is 2.02. The molecule has 0 aromatic rings. The topological polar surface area (TPSA) is 55.4 Å². The highest BCUT2D eigenvalue weighted by atomic mass is 16.5. The second kappa shape index (κ2) is 6.64. The molecular weight excluding hydrogens is 158 g/mol. The Hall–Kier alpha value is -1.06. The van der Waals surface area contributed by atoms with Crippen molar-refractivity contribution in [3.63, 3.8) is 0 Å². The summed E-state index contributed by atoms with van der Waals surface area (Å²) in [5.41, 5.74) is 0. The molecule has 70 valence electrons. The number of alkyl carbamates (subject to hydrolysis) is 1. The monoisotopic (exact) mass is 173 g/mol. The van der Waals surface area contributed by atoms with Crippen molar-refractivity contribution in [1.82, 2.24) is 5.32 Å². The second-order valence-electron chi connectivity index (χ2n) is 2.61. The van der Waals surface area contributed by atoms with Crippen molar-refractivity contribution in [1.29, 1.82) is 0 Å². The quantitative estimate of drug-likeness (QED) is 0.630. The molecule has 0 aromatic heterocycles. The summed E-state index contributed by atoms with van der Waals surface area (Å²) in [6.45, 7) is 4.49. The Morgan fingerprint density at radius 2 is 2.33 bits per heavy atom. The summed E-state index contributed by atoms with van der Waals surface area (Å²) in [6.07, 6.45) is 0.888. The van der Waals surface area contributed by atoms with Gasteiger partial charge in [0.2, 0.25) is 0 Å². The molecule has 0 radical (unpaired) electrons. The molecule has 0 saturated carbocycles. The zero-order chi connectivity index (χ0) is 9.40. The van der Waals surface area contributed by atoms with Crippen molar-refractivity contribution in [2.45, 2.75) is 20.3 Å². The molecule has 1 amide bonds. The van der Waals surface area contributed by atoms with Gasteiger partial charge in [-0.25, -0.2) is 4.79 Å². The SMILES string of the molecule is CCOC(=O)NCC(C)CC=O. The molecule has 1 N–H and O–H groups in total. The minimum Gasteiger partial charge on any atom is -0.450 e. The van der Waals surface area contributed by atoms with Crippen LogP contribution in [0.4, 0.5) is 4.79 Å². The van der Waals surface area contributed by atoms with E-state index < -0.39 is 6.09 Å². The molecule has 0 rings (SSSR count). The zero-order valence-electron chi connectivity index (χ0n) is 7.50. The van der Waals surface area contributed by atoms with Crippen LogP contribution in [0.2, 0.25) is 0 Å². The Morgan fingerprint density at radius 3 is 2.83 bits per heavy atom. The Morgan fingerprint density at radius 1 is 1.67 bits per heavy atom. The maximum atomic E-state index is 10.7. The number of ether oxygens (including phenoxy) is 1. The van der Waals surface area contributed by atoms with E-state index in [0.717, 1.165) is 6.29 Å². The molecule has 0 heterocycles. The minimum absolute atomic E-state index is 0.173. The second-order valence-corrected chi connectivity index (χ2v) is 2.61. The lowest BCUT2D eigenvalue weighted by molar-refractivity contribution is -0.108. The van der Waals surface area contributed by atoms with E-state index in [1.54, 1.807) is 6.92 Å². The first kappa shape index (κ1) is 10.9. The van der Waals surface area contributed by atoms with Crippen molar-refractivity contribution in [3.05, 3.63) is 0 Å². The van der Waals surface area contributed by atoms with Gasteiger partial charge >= 0.3 is 6.09 Å². The molecular formula is C8H15NO3. The Bertz CT molecular complexity index is 147. The average molecular weight is 173 g/mol. The standard InChI is InChI=1S/C8H15NO3/c1-3-12-8(11)9-6-7(2)4-5-10/h5,7H,3-4,6H2,1-2H3,(H,9,11). The number of hydrogen-bond donors (Lipinski definition) is 1. The van der Waals surface area contributed by atoms with Gasteiger partial charge in [0.25, 0.3) is 0 Å². The van der Waals surface area contributed by atoms with Crippen LogP contribution >= 0.6 is 0 Å². The molecule has 0 saturated heterocycles. The van der Waals surface area contributed by atoms with Crippen LogP contribution in [-0.2, 0) is 9.53 Å². The van der Waals surface area contributed by atoms with Crippen LogP contribution in [0.25, 0.3) is 0 Å². The van der Waals surface area contributed by atoms with Crippen LogP contribution in [0.5, 0.6) is 0 Å². The van der Waals surface area contributed by atoms with Gasteiger partial charge in [-0.15, -0.1) is 0 Å². The Balaban J connectivity index is 3.39. The molecule has 4 nitrogen and oxygen atoms in total. The predicted octanol–water partition coefficient (Wildman–Crippen LogP) is 0.958. The van der Waals surface area contributed by atoms with Crippen LogP contribution in [0, 0.1) is 5.92 Å². The molecule has 0 spiro atoms. The third-order valence-corrected chi connectivity index (χ3v) is 1.37. The number of carbonyl (C=O) groups excluding carboxylic acids is 2. The van der Waals surface area contributed by atoms with Crippen molar-refractivity contribution in [3.8, 4) is 0 Å². The van der Waals surface area contributed by atoms with E-state index in [4.69, 9.17) is 0 Å². The van der Waals surface area contributed by atoms with E-state index in [-0.39, 0.29) is 5.92 Å². The van der Waals surface area contributed by atoms with Gasteiger partial charge < -0.3 is 14.8 Å². The first-order valence-corrected chi connectivity index (χ1v) is 4.05. The fraction of sp³-hybridized carbons (Fsp3) is 0.750. The Kier molecular flexibility index (Phi) is 6.05. The van der Waals surface area contributed by atoms with Crippen molar-refractivity contribution in [2.75, 3.05) is 13.2 Å². The van der Waals surface area contributed by atoms with Crippen molar-refractivity contribution >= 4 is 12.4 Å². The van der Waals surface area contributed by atoms with E-state index in [1.165, 1.54) is 0 Å². The molecule has 0 aromatic carbocycles. The van der Waals surface area contributed by atoms with Gasteiger partial charge in [-0.2, -0.15) is 0 Å². The van der Waals surface area contributed by atoms with E-state index in [0.29, 0.717) is 19.6 Å². The predicted molar refractivity (Wildman–Crippen MR) is 44.9 cm³/mol. The molecule has 0 bridgehead atoms. The third-order valence-electron chi connectivity index (χ3n) is 1.37. The summed E-state index contributed by atoms with van der Waals surface area (Å²) >= 11 is 0. The molecule has 4 heteroatoms. The summed E-state index contributed by atoms with van der Waals surface area (Å²) in [5, 5.41) is 2.55. The van der Waals surface area contributed by atoms with Gasteiger partial charge in [0.1, 0.15) is 6.29 Å². The summed E-state index contributed by atoms with van der Waals surface area (Å²) < 4.78 is 4.63. The van der Waals surface area contributed by atoms with Gasteiger partial charge in [0, 0.05) is 13.0 Å². The Labute approximate surface area is 72.3 Å². The minimum atomic E-state index is -0.421. The van der Waals surface area contributed by atoms with Gasteiger partial charge in [-0.1, -0.05) is 6.92 Å². The molecule has 0 aliphatic rings. The van der Waals surface area contributed by atoms with Crippen LogP contribution in [0.15, 0.2) is 0 Å². The van der Waals surface area contributed by atoms with Crippen molar-refractivity contribution < 1.29 is 14.3 Å². The summed E-state index contributed by atoms with van der Waals surface area (Å²) in [4.78, 5) is 20.8. The number of hydrogen-bond acceptors (Lipinski definition) is 3. The van der Waals surface area contributed by atoms with Gasteiger partial charge in [0.05, 0.1) is 6.61 Å². The highest BCUT2D eigenvalue weighted by Gasteiger charge is 2.04. The normalized spacial score (nSPS) is 11.8. The third kappa shape index (κ3) is 5.70. The number of carbonyl (C=O) groups is 2. The number of nitrogens with one attached hydrogen (secondary N) is 1. The maximum Gasteiger partial charge on any atom is 0.407 e. The summed E-state index contributed by atoms with van der Waals surface area (Å²) in [7, 11) is 0. The molecule has 0 aliphatic heterocycles. The lowest BCUT2D eigenvalue weighted by Crippen LogP contribution is -2.28. The highest BCUT2D eigenvalue weighted by molar-refractivity contribution is 5.67. The summed E-state index contributed by atoms with van der Waals surface area (Å²) in [5.74, 6) is 0.173. The van der Waals surface area contributed by atoms with Crippen LogP contribution < -0.4 is 5.32 Å². The van der Waals surface area contributed by atoms with E-state index in [1.807, 2.05) is 6.92 Å². The largest absolute Gasteiger partial charge is 0.450 e. The molecule has 1 unspecified atom stereocenters. The number of rotatable bonds is 5. The van der Waals surface area contributed by atoms with E-state index in [2.05, 4.69) is 10.1 Å². The summed E-state index contributed by atoms with van der Waals surface area (Å²) in [6, 6.07) is 0.